The van der Waals surface area contributed by atoms with Crippen LogP contribution in [-0.2, 0) is 11.3 Å². The molecule has 1 amide bonds. The van der Waals surface area contributed by atoms with Gasteiger partial charge >= 0.3 is 0 Å². The highest BCUT2D eigenvalue weighted by atomic mass is 79.9. The molecule has 0 atom stereocenters. The molecule has 1 rings (SSSR count). The van der Waals surface area contributed by atoms with Gasteiger partial charge in [0.15, 0.2) is 0 Å². The Morgan fingerprint density at radius 3 is 2.68 bits per heavy atom. The minimum Gasteiger partial charge on any atom is -0.341 e. The van der Waals surface area contributed by atoms with Gasteiger partial charge in [0.25, 0.3) is 0 Å². The Balaban J connectivity index is 2.35. The highest BCUT2D eigenvalue weighted by Gasteiger charge is 2.10. The molecule has 0 radical (unpaired) electrons. The summed E-state index contributed by atoms with van der Waals surface area (Å²) in [5.41, 5.74) is 1.14. The molecule has 0 unspecified atom stereocenters. The van der Waals surface area contributed by atoms with E-state index in [4.69, 9.17) is 0 Å². The molecule has 0 spiro atoms. The lowest BCUT2D eigenvalue weighted by molar-refractivity contribution is -0.130. The second-order valence-corrected chi connectivity index (χ2v) is 5.91. The van der Waals surface area contributed by atoms with Crippen LogP contribution in [0, 0.1) is 0 Å². The molecule has 0 heterocycles. The molecule has 19 heavy (non-hydrogen) atoms. The van der Waals surface area contributed by atoms with E-state index in [0.717, 1.165) is 23.0 Å². The number of carbonyl (C=O) groups is 1. The largest absolute Gasteiger partial charge is 0.341 e. The van der Waals surface area contributed by atoms with Crippen LogP contribution in [0.15, 0.2) is 28.7 Å². The van der Waals surface area contributed by atoms with Gasteiger partial charge in [-0.1, -0.05) is 48.0 Å². The molecule has 0 fully saturated rings. The quantitative estimate of drug-likeness (QED) is 0.780. The molecule has 3 nitrogen and oxygen atoms in total. The number of halogens is 1. The normalized spacial score (nSPS) is 10.8. The third-order valence-corrected chi connectivity index (χ3v) is 3.68. The second kappa shape index (κ2) is 8.33. The lowest BCUT2D eigenvalue weighted by atomic mass is 10.2. The molecule has 1 aromatic carbocycles. The van der Waals surface area contributed by atoms with E-state index in [1.54, 1.807) is 4.90 Å². The van der Waals surface area contributed by atoms with E-state index in [0.29, 0.717) is 19.0 Å². The van der Waals surface area contributed by atoms with Gasteiger partial charge in [0.05, 0.1) is 0 Å². The predicted octanol–water partition coefficient (Wildman–Crippen LogP) is 3.19. The van der Waals surface area contributed by atoms with Crippen LogP contribution in [0.4, 0.5) is 0 Å². The van der Waals surface area contributed by atoms with Gasteiger partial charge < -0.3 is 10.2 Å². The Bertz CT molecular complexity index is 407. The smallest absolute Gasteiger partial charge is 0.222 e. The van der Waals surface area contributed by atoms with E-state index in [-0.39, 0.29) is 5.91 Å². The number of benzene rings is 1. The van der Waals surface area contributed by atoms with Gasteiger partial charge in [-0.2, -0.15) is 0 Å². The van der Waals surface area contributed by atoms with Crippen LogP contribution in [-0.4, -0.2) is 30.4 Å². The first-order valence-electron chi connectivity index (χ1n) is 6.71. The minimum atomic E-state index is 0.196. The zero-order valence-corrected chi connectivity index (χ0v) is 13.5. The van der Waals surface area contributed by atoms with Gasteiger partial charge in [-0.25, -0.2) is 0 Å². The van der Waals surface area contributed by atoms with Crippen LogP contribution < -0.4 is 5.32 Å². The maximum Gasteiger partial charge on any atom is 0.222 e. The highest BCUT2D eigenvalue weighted by molar-refractivity contribution is 9.10. The molecular weight excluding hydrogens is 304 g/mol. The van der Waals surface area contributed by atoms with Crippen molar-refractivity contribution in [3.05, 3.63) is 34.3 Å². The van der Waals surface area contributed by atoms with E-state index in [2.05, 4.69) is 35.1 Å². The zero-order valence-electron chi connectivity index (χ0n) is 11.9. The number of hydrogen-bond donors (Lipinski definition) is 1. The van der Waals surface area contributed by atoms with Gasteiger partial charge in [-0.15, -0.1) is 0 Å². The van der Waals surface area contributed by atoms with Crippen molar-refractivity contribution >= 4 is 21.8 Å². The molecule has 0 aliphatic heterocycles. The fraction of sp³-hybridized carbons (Fsp3) is 0.533. The van der Waals surface area contributed by atoms with Gasteiger partial charge in [-0.05, 0) is 24.6 Å². The Morgan fingerprint density at radius 1 is 1.37 bits per heavy atom. The first kappa shape index (κ1) is 16.2. The monoisotopic (exact) mass is 326 g/mol. The van der Waals surface area contributed by atoms with E-state index in [1.807, 2.05) is 31.3 Å². The molecule has 0 saturated heterocycles. The van der Waals surface area contributed by atoms with Gasteiger partial charge in [0.1, 0.15) is 0 Å². The molecule has 1 aromatic rings. The summed E-state index contributed by atoms with van der Waals surface area (Å²) in [5.74, 6) is 0.196. The summed E-state index contributed by atoms with van der Waals surface area (Å²) in [7, 11) is 1.86. The van der Waals surface area contributed by atoms with Gasteiger partial charge in [0.2, 0.25) is 5.91 Å². The number of hydrogen-bond acceptors (Lipinski definition) is 2. The SMILES string of the molecule is CC(C)NCCCC(=O)N(C)Cc1ccccc1Br. The van der Waals surface area contributed by atoms with Crippen molar-refractivity contribution in [2.45, 2.75) is 39.3 Å². The topological polar surface area (TPSA) is 32.3 Å². The van der Waals surface area contributed by atoms with Crippen molar-refractivity contribution in [1.82, 2.24) is 10.2 Å². The number of nitrogens with zero attached hydrogens (tertiary/aromatic N) is 1. The molecule has 106 valence electrons. The van der Waals surface area contributed by atoms with Gasteiger partial charge in [-0.3, -0.25) is 4.79 Å². The fourth-order valence-electron chi connectivity index (χ4n) is 1.79. The summed E-state index contributed by atoms with van der Waals surface area (Å²) in [5, 5.41) is 3.32. The predicted molar refractivity (Wildman–Crippen MR) is 83.0 cm³/mol. The number of carbonyl (C=O) groups excluding carboxylic acids is 1. The van der Waals surface area contributed by atoms with Crippen molar-refractivity contribution in [2.75, 3.05) is 13.6 Å². The molecule has 0 aliphatic rings. The van der Waals surface area contributed by atoms with E-state index in [9.17, 15) is 4.79 Å². The van der Waals surface area contributed by atoms with E-state index >= 15 is 0 Å². The maximum absolute atomic E-state index is 12.0. The molecule has 0 saturated carbocycles. The molecule has 1 N–H and O–H groups in total. The third-order valence-electron chi connectivity index (χ3n) is 2.91. The minimum absolute atomic E-state index is 0.196. The van der Waals surface area contributed by atoms with Crippen molar-refractivity contribution in [1.29, 1.82) is 0 Å². The van der Waals surface area contributed by atoms with Crippen molar-refractivity contribution in [2.24, 2.45) is 0 Å². The number of amides is 1. The maximum atomic E-state index is 12.0. The van der Waals surface area contributed by atoms with Crippen LogP contribution >= 0.6 is 15.9 Å². The number of nitrogens with one attached hydrogen (secondary N) is 1. The van der Waals surface area contributed by atoms with Crippen molar-refractivity contribution in [3.8, 4) is 0 Å². The lowest BCUT2D eigenvalue weighted by Gasteiger charge is -2.18. The average molecular weight is 327 g/mol. The van der Waals surface area contributed by atoms with Crippen LogP contribution in [0.5, 0.6) is 0 Å². The first-order valence-corrected chi connectivity index (χ1v) is 7.50. The summed E-state index contributed by atoms with van der Waals surface area (Å²) < 4.78 is 1.05. The fourth-order valence-corrected chi connectivity index (χ4v) is 2.20. The Morgan fingerprint density at radius 2 is 2.05 bits per heavy atom. The summed E-state index contributed by atoms with van der Waals surface area (Å²) in [6.07, 6.45) is 1.48. The molecule has 0 bridgehead atoms. The standard InChI is InChI=1S/C15H23BrN2O/c1-12(2)17-10-6-9-15(19)18(3)11-13-7-4-5-8-14(13)16/h4-5,7-8,12,17H,6,9-11H2,1-3H3. The van der Waals surface area contributed by atoms with Crippen molar-refractivity contribution in [3.63, 3.8) is 0 Å². The van der Waals surface area contributed by atoms with Crippen LogP contribution in [0.3, 0.4) is 0 Å². The second-order valence-electron chi connectivity index (χ2n) is 5.05. The van der Waals surface area contributed by atoms with Gasteiger partial charge in [0, 0.05) is 30.5 Å². The molecule has 0 aliphatic carbocycles. The molecule has 4 heteroatoms. The highest BCUT2D eigenvalue weighted by Crippen LogP contribution is 2.17. The first-order chi connectivity index (χ1) is 9.00. The average Bonchev–Trinajstić information content (AvgIpc) is 2.36. The lowest BCUT2D eigenvalue weighted by Crippen LogP contribution is -2.28. The Labute approximate surface area is 124 Å². The van der Waals surface area contributed by atoms with Crippen LogP contribution in [0.1, 0.15) is 32.3 Å². The molecule has 0 aromatic heterocycles. The third kappa shape index (κ3) is 6.21. The zero-order chi connectivity index (χ0) is 14.3. The van der Waals surface area contributed by atoms with E-state index < -0.39 is 0 Å². The van der Waals surface area contributed by atoms with E-state index in [1.165, 1.54) is 0 Å². The van der Waals surface area contributed by atoms with Crippen molar-refractivity contribution < 1.29 is 4.79 Å². The van der Waals surface area contributed by atoms with Crippen LogP contribution in [0.25, 0.3) is 0 Å². The summed E-state index contributed by atoms with van der Waals surface area (Å²) in [4.78, 5) is 13.8. The summed E-state index contributed by atoms with van der Waals surface area (Å²) >= 11 is 3.51. The Kier molecular flexibility index (Phi) is 7.10. The number of rotatable bonds is 7. The Hall–Kier alpha value is -0.870. The summed E-state index contributed by atoms with van der Waals surface area (Å²) in [6.45, 7) is 5.77. The van der Waals surface area contributed by atoms with Crippen LogP contribution in [0.2, 0.25) is 0 Å². The molecular formula is C15H23BrN2O. The summed E-state index contributed by atoms with van der Waals surface area (Å²) in [6, 6.07) is 8.49.